The van der Waals surface area contributed by atoms with Crippen molar-refractivity contribution in [1.82, 2.24) is 4.90 Å². The molecule has 3 fully saturated rings. The fourth-order valence-corrected chi connectivity index (χ4v) is 3.59. The first kappa shape index (κ1) is 15.4. The third-order valence-corrected chi connectivity index (χ3v) is 5.57. The van der Waals surface area contributed by atoms with Crippen molar-refractivity contribution in [2.45, 2.75) is 56.7 Å². The average Bonchev–Trinajstić information content (AvgIpc) is 2.40. The molecule has 3 aliphatic rings. The van der Waals surface area contributed by atoms with Gasteiger partial charge in [0.2, 0.25) is 5.91 Å². The van der Waals surface area contributed by atoms with E-state index in [1.165, 1.54) is 0 Å². The van der Waals surface area contributed by atoms with E-state index in [2.05, 4.69) is 11.0 Å². The Morgan fingerprint density at radius 3 is 2.55 bits per heavy atom. The van der Waals surface area contributed by atoms with Gasteiger partial charge in [0.05, 0.1) is 10.3 Å². The minimum Gasteiger partial charge on any atom is -0.328 e. The summed E-state index contributed by atoms with van der Waals surface area (Å²) in [6, 6.07) is 0. The van der Waals surface area contributed by atoms with E-state index < -0.39 is 11.0 Å². The number of piperidine rings is 2. The van der Waals surface area contributed by atoms with E-state index >= 15 is 0 Å². The van der Waals surface area contributed by atoms with Crippen LogP contribution >= 0.6 is 0 Å². The van der Waals surface area contributed by atoms with Crippen LogP contribution in [0.15, 0.2) is 17.1 Å². The molecule has 20 heavy (non-hydrogen) atoms. The van der Waals surface area contributed by atoms with Gasteiger partial charge in [-0.25, -0.2) is 4.21 Å². The van der Waals surface area contributed by atoms with Gasteiger partial charge in [-0.15, -0.1) is 6.58 Å². The lowest BCUT2D eigenvalue weighted by molar-refractivity contribution is -0.149. The molecular formula is C15H24N2O2S. The van der Waals surface area contributed by atoms with Gasteiger partial charge in [-0.2, -0.15) is 4.40 Å². The number of hydrogen-bond donors (Lipinski definition) is 0. The van der Waals surface area contributed by atoms with Gasteiger partial charge in [-0.3, -0.25) is 4.79 Å². The molecule has 2 saturated heterocycles. The minimum atomic E-state index is -1.27. The van der Waals surface area contributed by atoms with E-state index in [0.29, 0.717) is 6.54 Å². The zero-order chi connectivity index (χ0) is 15.0. The lowest BCUT2D eigenvalue weighted by Crippen LogP contribution is -2.62. The van der Waals surface area contributed by atoms with Gasteiger partial charge in [0.15, 0.2) is 0 Å². The quantitative estimate of drug-likeness (QED) is 0.591. The Labute approximate surface area is 123 Å². The lowest BCUT2D eigenvalue weighted by atomic mass is 9.70. The zero-order valence-corrected chi connectivity index (χ0v) is 13.4. The highest BCUT2D eigenvalue weighted by Gasteiger charge is 2.49. The zero-order valence-electron chi connectivity index (χ0n) is 12.6. The van der Waals surface area contributed by atoms with Gasteiger partial charge < -0.3 is 4.90 Å². The number of fused-ring (bicyclic) bond motifs is 3. The molecule has 0 unspecified atom stereocenters. The predicted octanol–water partition coefficient (Wildman–Crippen LogP) is 2.48. The van der Waals surface area contributed by atoms with Crippen molar-refractivity contribution in [2.75, 3.05) is 6.54 Å². The molecule has 1 atom stereocenters. The molecule has 2 aliphatic heterocycles. The van der Waals surface area contributed by atoms with Crippen LogP contribution in [0.5, 0.6) is 0 Å². The van der Waals surface area contributed by atoms with Crippen molar-refractivity contribution >= 4 is 23.1 Å². The van der Waals surface area contributed by atoms with Crippen molar-refractivity contribution in [3.8, 4) is 0 Å². The molecule has 112 valence electrons. The monoisotopic (exact) mass is 296 g/mol. The number of carbonyl (C=O) groups is 1. The summed E-state index contributed by atoms with van der Waals surface area (Å²) in [5.74, 6) is 0.369. The maximum Gasteiger partial charge on any atom is 0.226 e. The van der Waals surface area contributed by atoms with E-state index in [1.54, 1.807) is 12.3 Å². The molecule has 5 heteroatoms. The summed E-state index contributed by atoms with van der Waals surface area (Å²) in [6.45, 7) is 10.0. The number of amides is 1. The first-order valence-electron chi connectivity index (χ1n) is 7.20. The van der Waals surface area contributed by atoms with Gasteiger partial charge in [0.1, 0.15) is 11.0 Å². The maximum atomic E-state index is 12.4. The highest BCUT2D eigenvalue weighted by molar-refractivity contribution is 7.85. The molecule has 0 aromatic rings. The molecule has 0 radical (unpaired) electrons. The molecule has 1 saturated carbocycles. The van der Waals surface area contributed by atoms with E-state index in [1.807, 2.05) is 25.7 Å². The highest BCUT2D eigenvalue weighted by atomic mass is 32.2. The second-order valence-electron chi connectivity index (χ2n) is 6.71. The predicted molar refractivity (Wildman–Crippen MR) is 83.0 cm³/mol. The molecule has 1 amide bonds. The van der Waals surface area contributed by atoms with E-state index in [0.717, 1.165) is 25.7 Å². The van der Waals surface area contributed by atoms with Crippen molar-refractivity contribution in [2.24, 2.45) is 10.3 Å². The second kappa shape index (κ2) is 5.43. The lowest BCUT2D eigenvalue weighted by Gasteiger charge is -2.52. The topological polar surface area (TPSA) is 49.7 Å². The Morgan fingerprint density at radius 2 is 2.05 bits per heavy atom. The summed E-state index contributed by atoms with van der Waals surface area (Å²) >= 11 is 0. The first-order valence-corrected chi connectivity index (χ1v) is 8.30. The van der Waals surface area contributed by atoms with Crippen LogP contribution < -0.4 is 0 Å². The molecule has 0 N–H and O–H groups in total. The molecule has 0 spiro atoms. The smallest absolute Gasteiger partial charge is 0.226 e. The number of carbonyl (C=O) groups excluding carboxylic acids is 1. The Hall–Kier alpha value is -0.970. The molecule has 4 nitrogen and oxygen atoms in total. The van der Waals surface area contributed by atoms with E-state index in [4.69, 9.17) is 0 Å². The Bertz CT molecular complexity index is 457. The van der Waals surface area contributed by atoms with Crippen LogP contribution in [0.3, 0.4) is 0 Å². The molecule has 2 bridgehead atoms. The Balaban J connectivity index is 2.25. The molecule has 0 aromatic carbocycles. The van der Waals surface area contributed by atoms with Crippen molar-refractivity contribution in [3.05, 3.63) is 12.7 Å². The molecule has 1 aliphatic carbocycles. The molecular weight excluding hydrogens is 272 g/mol. The van der Waals surface area contributed by atoms with Gasteiger partial charge in [-0.1, -0.05) is 6.08 Å². The standard InChI is InChI=1S/C15H24N2O2S/c1-5-10-17-13(18)12-6-8-15(17,9-7-12)11-16-20(19)14(2,3)4/h5,11-12H,1,6-10H2,2-4H3/t12?,15?,20-/m1/s1. The Morgan fingerprint density at radius 1 is 1.45 bits per heavy atom. The van der Waals surface area contributed by atoms with E-state index in [-0.39, 0.29) is 22.1 Å². The first-order chi connectivity index (χ1) is 9.30. The van der Waals surface area contributed by atoms with Crippen molar-refractivity contribution in [3.63, 3.8) is 0 Å². The Kier molecular flexibility index (Phi) is 4.19. The largest absolute Gasteiger partial charge is 0.328 e. The average molecular weight is 296 g/mol. The third kappa shape index (κ3) is 2.73. The van der Waals surface area contributed by atoms with Gasteiger partial charge >= 0.3 is 0 Å². The SMILES string of the molecule is C=CCN1C(=O)C2CCC1(C=N[S@](=O)C(C)(C)C)CC2. The van der Waals surface area contributed by atoms with E-state index in [9.17, 15) is 9.00 Å². The fourth-order valence-electron chi connectivity index (χ4n) is 2.98. The summed E-state index contributed by atoms with van der Waals surface area (Å²) < 4.78 is 16.0. The van der Waals surface area contributed by atoms with Crippen LogP contribution in [0.25, 0.3) is 0 Å². The summed E-state index contributed by atoms with van der Waals surface area (Å²) in [7, 11) is -1.27. The summed E-state index contributed by atoms with van der Waals surface area (Å²) in [6.07, 6.45) is 7.21. The highest BCUT2D eigenvalue weighted by Crippen LogP contribution is 2.43. The van der Waals surface area contributed by atoms with Crippen LogP contribution in [-0.2, 0) is 15.8 Å². The maximum absolute atomic E-state index is 12.4. The fraction of sp³-hybridized carbons (Fsp3) is 0.733. The van der Waals surface area contributed by atoms with Crippen LogP contribution in [-0.4, -0.2) is 38.1 Å². The van der Waals surface area contributed by atoms with Gasteiger partial charge in [-0.05, 0) is 46.5 Å². The van der Waals surface area contributed by atoms with Gasteiger partial charge in [0.25, 0.3) is 0 Å². The number of nitrogens with zero attached hydrogens (tertiary/aromatic N) is 2. The third-order valence-electron chi connectivity index (χ3n) is 4.23. The number of hydrogen-bond acceptors (Lipinski definition) is 2. The van der Waals surface area contributed by atoms with Crippen LogP contribution in [0, 0.1) is 5.92 Å². The summed E-state index contributed by atoms with van der Waals surface area (Å²) in [5.41, 5.74) is -0.346. The molecule has 3 rings (SSSR count). The normalized spacial score (nSPS) is 31.9. The van der Waals surface area contributed by atoms with Crippen LogP contribution in [0.4, 0.5) is 0 Å². The summed E-state index contributed by atoms with van der Waals surface area (Å²) in [5, 5.41) is 0. The molecule has 0 aromatic heterocycles. The van der Waals surface area contributed by atoms with Crippen molar-refractivity contribution < 1.29 is 9.00 Å². The summed E-state index contributed by atoms with van der Waals surface area (Å²) in [4.78, 5) is 14.2. The number of rotatable bonds is 4. The van der Waals surface area contributed by atoms with Crippen LogP contribution in [0.2, 0.25) is 0 Å². The van der Waals surface area contributed by atoms with Crippen molar-refractivity contribution in [1.29, 1.82) is 0 Å². The van der Waals surface area contributed by atoms with Crippen LogP contribution in [0.1, 0.15) is 46.5 Å². The molecule has 2 heterocycles. The minimum absolute atomic E-state index is 0.165. The van der Waals surface area contributed by atoms with Gasteiger partial charge in [0, 0.05) is 18.7 Å². The second-order valence-corrected chi connectivity index (χ2v) is 8.65.